The minimum Gasteiger partial charge on any atom is -0.497 e. The number of benzene rings is 1. The third-order valence-corrected chi connectivity index (χ3v) is 2.89. The van der Waals surface area contributed by atoms with Crippen LogP contribution in [0, 0.1) is 0 Å². The van der Waals surface area contributed by atoms with Gasteiger partial charge in [0, 0.05) is 25.3 Å². The Balaban J connectivity index is 2.36. The number of aliphatic hydroxyl groups is 1. The molecule has 1 aromatic heterocycles. The monoisotopic (exact) mass is 262 g/mol. The number of aromatic nitrogens is 3. The van der Waals surface area contributed by atoms with Gasteiger partial charge < -0.3 is 15.6 Å². The van der Waals surface area contributed by atoms with Gasteiger partial charge in [-0.25, -0.2) is 4.68 Å². The van der Waals surface area contributed by atoms with E-state index in [1.807, 2.05) is 24.3 Å². The highest BCUT2D eigenvalue weighted by molar-refractivity contribution is 5.62. The van der Waals surface area contributed by atoms with Crippen LogP contribution in [-0.2, 0) is 13.1 Å². The summed E-state index contributed by atoms with van der Waals surface area (Å²) in [6, 6.07) is 7.68. The van der Waals surface area contributed by atoms with E-state index in [0.29, 0.717) is 19.5 Å². The summed E-state index contributed by atoms with van der Waals surface area (Å²) in [5.74, 6) is 0.799. The molecule has 2 aromatic rings. The largest absolute Gasteiger partial charge is 0.497 e. The van der Waals surface area contributed by atoms with E-state index >= 15 is 0 Å². The first-order valence-electron chi connectivity index (χ1n) is 6.18. The van der Waals surface area contributed by atoms with Crippen LogP contribution in [0.15, 0.2) is 24.3 Å². The van der Waals surface area contributed by atoms with Crippen LogP contribution in [0.1, 0.15) is 12.1 Å². The maximum Gasteiger partial charge on any atom is 0.118 e. The van der Waals surface area contributed by atoms with E-state index in [2.05, 4.69) is 10.3 Å². The Bertz CT molecular complexity index is 522. The first-order chi connectivity index (χ1) is 9.30. The Morgan fingerprint density at radius 3 is 2.63 bits per heavy atom. The second-order valence-corrected chi connectivity index (χ2v) is 4.12. The predicted octanol–water partition coefficient (Wildman–Crippen LogP) is 0.795. The zero-order chi connectivity index (χ0) is 13.7. The van der Waals surface area contributed by atoms with Crippen LogP contribution in [0.3, 0.4) is 0 Å². The molecular weight excluding hydrogens is 244 g/mol. The molecule has 0 unspecified atom stereocenters. The molecule has 2 rings (SSSR count). The van der Waals surface area contributed by atoms with Crippen LogP contribution < -0.4 is 10.5 Å². The fraction of sp³-hybridized carbons (Fsp3) is 0.385. The van der Waals surface area contributed by atoms with E-state index in [-0.39, 0.29) is 6.61 Å². The quantitative estimate of drug-likeness (QED) is 0.804. The fourth-order valence-electron chi connectivity index (χ4n) is 1.93. The standard InChI is InChI=1S/C13H18N4O2/c1-19-11-5-3-10(4-6-11)13-12(9-14)15-16-17(13)7-2-8-18/h3-6,18H,2,7-9,14H2,1H3. The minimum absolute atomic E-state index is 0.125. The lowest BCUT2D eigenvalue weighted by Gasteiger charge is -2.08. The smallest absolute Gasteiger partial charge is 0.118 e. The molecule has 102 valence electrons. The van der Waals surface area contributed by atoms with Gasteiger partial charge in [0.1, 0.15) is 11.4 Å². The van der Waals surface area contributed by atoms with Crippen LogP contribution in [0.25, 0.3) is 11.3 Å². The average Bonchev–Trinajstić information content (AvgIpc) is 2.88. The van der Waals surface area contributed by atoms with E-state index in [1.54, 1.807) is 11.8 Å². The van der Waals surface area contributed by atoms with Crippen molar-refractivity contribution in [1.29, 1.82) is 0 Å². The summed E-state index contributed by atoms with van der Waals surface area (Å²) in [6.07, 6.45) is 0.635. The fourth-order valence-corrected chi connectivity index (χ4v) is 1.93. The first-order valence-corrected chi connectivity index (χ1v) is 6.18. The first kappa shape index (κ1) is 13.5. The molecule has 0 saturated carbocycles. The molecule has 0 aliphatic heterocycles. The normalized spacial score (nSPS) is 10.7. The van der Waals surface area contributed by atoms with Crippen molar-refractivity contribution in [3.05, 3.63) is 30.0 Å². The highest BCUT2D eigenvalue weighted by atomic mass is 16.5. The van der Waals surface area contributed by atoms with E-state index in [1.165, 1.54) is 0 Å². The summed E-state index contributed by atoms with van der Waals surface area (Å²) in [5.41, 5.74) is 8.34. The molecule has 0 amide bonds. The second-order valence-electron chi connectivity index (χ2n) is 4.12. The molecule has 6 nitrogen and oxygen atoms in total. The number of nitrogens with two attached hydrogens (primary N) is 1. The summed E-state index contributed by atoms with van der Waals surface area (Å²) in [4.78, 5) is 0. The van der Waals surface area contributed by atoms with Crippen molar-refractivity contribution in [1.82, 2.24) is 15.0 Å². The van der Waals surface area contributed by atoms with Crippen molar-refractivity contribution in [2.75, 3.05) is 13.7 Å². The summed E-state index contributed by atoms with van der Waals surface area (Å²) in [6.45, 7) is 1.07. The summed E-state index contributed by atoms with van der Waals surface area (Å²) in [5, 5.41) is 17.1. The third kappa shape index (κ3) is 2.91. The predicted molar refractivity (Wildman–Crippen MR) is 71.6 cm³/mol. The number of aryl methyl sites for hydroxylation is 1. The van der Waals surface area contributed by atoms with E-state index < -0.39 is 0 Å². The topological polar surface area (TPSA) is 86.2 Å². The highest BCUT2D eigenvalue weighted by Crippen LogP contribution is 2.24. The Labute approximate surface area is 111 Å². The molecule has 0 radical (unpaired) electrons. The molecule has 0 atom stereocenters. The van der Waals surface area contributed by atoms with Crippen LogP contribution in [0.5, 0.6) is 5.75 Å². The van der Waals surface area contributed by atoms with Crippen LogP contribution in [0.2, 0.25) is 0 Å². The second kappa shape index (κ2) is 6.31. The zero-order valence-electron chi connectivity index (χ0n) is 10.9. The number of hydrogen-bond acceptors (Lipinski definition) is 5. The number of rotatable bonds is 6. The Kier molecular flexibility index (Phi) is 4.48. The summed E-state index contributed by atoms with van der Waals surface area (Å²) in [7, 11) is 1.63. The van der Waals surface area contributed by atoms with E-state index in [4.69, 9.17) is 15.6 Å². The molecule has 0 fully saturated rings. The number of ether oxygens (including phenoxy) is 1. The van der Waals surface area contributed by atoms with Gasteiger partial charge in [-0.2, -0.15) is 0 Å². The van der Waals surface area contributed by atoms with Gasteiger partial charge in [0.2, 0.25) is 0 Å². The van der Waals surface area contributed by atoms with Gasteiger partial charge in [-0.15, -0.1) is 5.10 Å². The van der Waals surface area contributed by atoms with Crippen LogP contribution in [0.4, 0.5) is 0 Å². The van der Waals surface area contributed by atoms with Gasteiger partial charge in [-0.3, -0.25) is 0 Å². The number of aliphatic hydroxyl groups excluding tert-OH is 1. The van der Waals surface area contributed by atoms with Crippen molar-refractivity contribution in [3.63, 3.8) is 0 Å². The van der Waals surface area contributed by atoms with Crippen molar-refractivity contribution < 1.29 is 9.84 Å². The zero-order valence-corrected chi connectivity index (χ0v) is 10.9. The van der Waals surface area contributed by atoms with Crippen LogP contribution in [-0.4, -0.2) is 33.8 Å². The maximum absolute atomic E-state index is 8.92. The molecule has 0 saturated heterocycles. The SMILES string of the molecule is COc1ccc(-c2c(CN)nnn2CCCO)cc1. The van der Waals surface area contributed by atoms with Gasteiger partial charge in [0.15, 0.2) is 0 Å². The Hall–Kier alpha value is -1.92. The third-order valence-electron chi connectivity index (χ3n) is 2.89. The molecule has 0 aliphatic carbocycles. The van der Waals surface area contributed by atoms with Crippen LogP contribution >= 0.6 is 0 Å². The Morgan fingerprint density at radius 2 is 2.05 bits per heavy atom. The molecule has 1 aromatic carbocycles. The molecule has 1 heterocycles. The lowest BCUT2D eigenvalue weighted by atomic mass is 10.1. The van der Waals surface area contributed by atoms with Gasteiger partial charge in [-0.1, -0.05) is 5.21 Å². The Morgan fingerprint density at radius 1 is 1.32 bits per heavy atom. The summed E-state index contributed by atoms with van der Waals surface area (Å²) >= 11 is 0. The molecule has 6 heteroatoms. The highest BCUT2D eigenvalue weighted by Gasteiger charge is 2.13. The molecule has 0 aliphatic rings. The molecule has 0 bridgehead atoms. The van der Waals surface area contributed by atoms with Crippen molar-refractivity contribution >= 4 is 0 Å². The number of hydrogen-bond donors (Lipinski definition) is 2. The van der Waals surface area contributed by atoms with Crippen molar-refractivity contribution in [2.24, 2.45) is 5.73 Å². The molecule has 19 heavy (non-hydrogen) atoms. The van der Waals surface area contributed by atoms with Gasteiger partial charge in [-0.05, 0) is 30.7 Å². The van der Waals surface area contributed by atoms with E-state index in [0.717, 1.165) is 22.7 Å². The lowest BCUT2D eigenvalue weighted by Crippen LogP contribution is -2.06. The van der Waals surface area contributed by atoms with Crippen molar-refractivity contribution in [3.8, 4) is 17.0 Å². The lowest BCUT2D eigenvalue weighted by molar-refractivity contribution is 0.276. The molecule has 3 N–H and O–H groups in total. The van der Waals surface area contributed by atoms with Gasteiger partial charge >= 0.3 is 0 Å². The average molecular weight is 262 g/mol. The summed E-state index contributed by atoms with van der Waals surface area (Å²) < 4.78 is 6.92. The maximum atomic E-state index is 8.92. The molecule has 0 spiro atoms. The molecular formula is C13H18N4O2. The minimum atomic E-state index is 0.125. The number of methoxy groups -OCH3 is 1. The van der Waals surface area contributed by atoms with E-state index in [9.17, 15) is 0 Å². The van der Waals surface area contributed by atoms with Gasteiger partial charge in [0.25, 0.3) is 0 Å². The van der Waals surface area contributed by atoms with Gasteiger partial charge in [0.05, 0.1) is 12.8 Å². The number of nitrogens with zero attached hydrogens (tertiary/aromatic N) is 3. The van der Waals surface area contributed by atoms with Crippen molar-refractivity contribution in [2.45, 2.75) is 19.5 Å².